The summed E-state index contributed by atoms with van der Waals surface area (Å²) >= 11 is 0. The summed E-state index contributed by atoms with van der Waals surface area (Å²) in [6, 6.07) is 12.8. The number of anilines is 1. The highest BCUT2D eigenvalue weighted by Crippen LogP contribution is 2.23. The van der Waals surface area contributed by atoms with Crippen molar-refractivity contribution in [3.8, 4) is 0 Å². The predicted molar refractivity (Wildman–Crippen MR) is 111 cm³/mol. The first-order valence-corrected chi connectivity index (χ1v) is 11.0. The third-order valence-corrected chi connectivity index (χ3v) is 5.89. The molecule has 0 aliphatic rings. The number of rotatable bonds is 7. The highest BCUT2D eigenvalue weighted by atomic mass is 32.2. The molecular formula is C21H28N2O3S. The second-order valence-corrected chi connectivity index (χ2v) is 8.68. The third kappa shape index (κ3) is 5.10. The minimum atomic E-state index is -3.34. The van der Waals surface area contributed by atoms with E-state index >= 15 is 0 Å². The van der Waals surface area contributed by atoms with E-state index in [4.69, 9.17) is 0 Å². The number of carbonyl (C=O) groups is 1. The van der Waals surface area contributed by atoms with Crippen molar-refractivity contribution in [3.63, 3.8) is 0 Å². The zero-order valence-electron chi connectivity index (χ0n) is 16.6. The van der Waals surface area contributed by atoms with Gasteiger partial charge in [0.1, 0.15) is 0 Å². The van der Waals surface area contributed by atoms with Gasteiger partial charge in [0.2, 0.25) is 10.0 Å². The summed E-state index contributed by atoms with van der Waals surface area (Å²) in [7, 11) is -3.34. The number of hydrogen-bond acceptors (Lipinski definition) is 3. The molecule has 5 nitrogen and oxygen atoms in total. The first-order chi connectivity index (χ1) is 12.7. The summed E-state index contributed by atoms with van der Waals surface area (Å²) in [6.07, 6.45) is 1.96. The number of amides is 1. The molecule has 0 fully saturated rings. The zero-order chi connectivity index (χ0) is 20.2. The normalized spacial score (nSPS) is 12.5. The van der Waals surface area contributed by atoms with Gasteiger partial charge in [0.25, 0.3) is 5.91 Å². The van der Waals surface area contributed by atoms with E-state index in [-0.39, 0.29) is 11.9 Å². The summed E-state index contributed by atoms with van der Waals surface area (Å²) < 4.78 is 25.0. The second kappa shape index (κ2) is 8.57. The molecule has 146 valence electrons. The highest BCUT2D eigenvalue weighted by Gasteiger charge is 2.18. The fourth-order valence-corrected chi connectivity index (χ4v) is 4.22. The Bertz CT molecular complexity index is 906. The standard InChI is InChI=1S/C21H28N2O3S/c1-6-20(19-13-8-15(3)14-16(19)4)22-21(24)17-9-11-18(12-10-17)23(7-2)27(5,25)26/h8-14,20H,6-7H2,1-5H3,(H,22,24). The second-order valence-electron chi connectivity index (χ2n) is 6.77. The van der Waals surface area contributed by atoms with Crippen LogP contribution in [0.4, 0.5) is 5.69 Å². The van der Waals surface area contributed by atoms with Crippen molar-refractivity contribution in [3.05, 3.63) is 64.7 Å². The van der Waals surface area contributed by atoms with Gasteiger partial charge in [0, 0.05) is 12.1 Å². The largest absolute Gasteiger partial charge is 0.345 e. The lowest BCUT2D eigenvalue weighted by Gasteiger charge is -2.22. The summed E-state index contributed by atoms with van der Waals surface area (Å²) in [4.78, 5) is 12.7. The zero-order valence-corrected chi connectivity index (χ0v) is 17.4. The van der Waals surface area contributed by atoms with Crippen LogP contribution in [0.25, 0.3) is 0 Å². The molecule has 1 N–H and O–H groups in total. The minimum absolute atomic E-state index is 0.0686. The first-order valence-electron chi connectivity index (χ1n) is 9.13. The van der Waals surface area contributed by atoms with Crippen LogP contribution in [0.1, 0.15) is 53.4 Å². The molecule has 0 bridgehead atoms. The van der Waals surface area contributed by atoms with E-state index in [1.807, 2.05) is 13.8 Å². The Labute approximate surface area is 162 Å². The molecule has 1 atom stereocenters. The van der Waals surface area contributed by atoms with Gasteiger partial charge in [0.15, 0.2) is 0 Å². The summed E-state index contributed by atoms with van der Waals surface area (Å²) in [5.41, 5.74) is 4.52. The van der Waals surface area contributed by atoms with Crippen molar-refractivity contribution in [1.82, 2.24) is 5.32 Å². The number of sulfonamides is 1. The van der Waals surface area contributed by atoms with E-state index in [2.05, 4.69) is 30.4 Å². The summed E-state index contributed by atoms with van der Waals surface area (Å²) in [5.74, 6) is -0.171. The maximum atomic E-state index is 12.7. The molecule has 0 aliphatic heterocycles. The molecule has 6 heteroatoms. The van der Waals surface area contributed by atoms with E-state index in [0.717, 1.165) is 17.5 Å². The molecule has 0 aromatic heterocycles. The van der Waals surface area contributed by atoms with Gasteiger partial charge in [-0.1, -0.05) is 30.7 Å². The third-order valence-electron chi connectivity index (χ3n) is 4.62. The van der Waals surface area contributed by atoms with Gasteiger partial charge in [0.05, 0.1) is 18.0 Å². The van der Waals surface area contributed by atoms with Gasteiger partial charge in [-0.05, 0) is 62.6 Å². The van der Waals surface area contributed by atoms with E-state index in [9.17, 15) is 13.2 Å². The van der Waals surface area contributed by atoms with E-state index in [0.29, 0.717) is 17.8 Å². The SMILES string of the molecule is CCC(NC(=O)c1ccc(N(CC)S(C)(=O)=O)cc1)c1ccc(C)cc1C. The van der Waals surface area contributed by atoms with Gasteiger partial charge in [-0.25, -0.2) is 8.42 Å². The average Bonchev–Trinajstić information content (AvgIpc) is 2.60. The van der Waals surface area contributed by atoms with Crippen molar-refractivity contribution in [2.24, 2.45) is 0 Å². The lowest BCUT2D eigenvalue weighted by atomic mass is 9.97. The number of hydrogen-bond donors (Lipinski definition) is 1. The quantitative estimate of drug-likeness (QED) is 0.780. The van der Waals surface area contributed by atoms with Gasteiger partial charge in [-0.15, -0.1) is 0 Å². The molecule has 0 heterocycles. The predicted octanol–water partition coefficient (Wildman–Crippen LogP) is 3.97. The Hall–Kier alpha value is -2.34. The molecule has 0 spiro atoms. The Morgan fingerprint density at radius 3 is 2.19 bits per heavy atom. The molecule has 2 aromatic carbocycles. The number of nitrogens with zero attached hydrogens (tertiary/aromatic N) is 1. The van der Waals surface area contributed by atoms with Crippen LogP contribution >= 0.6 is 0 Å². The van der Waals surface area contributed by atoms with Crippen LogP contribution in [0.15, 0.2) is 42.5 Å². The van der Waals surface area contributed by atoms with Crippen molar-refractivity contribution in [2.75, 3.05) is 17.1 Å². The summed E-state index contributed by atoms with van der Waals surface area (Å²) in [5, 5.41) is 3.08. The lowest BCUT2D eigenvalue weighted by molar-refractivity contribution is 0.0935. The Morgan fingerprint density at radius 2 is 1.70 bits per heavy atom. The van der Waals surface area contributed by atoms with Crippen LogP contribution in [0, 0.1) is 13.8 Å². The molecule has 2 rings (SSSR count). The van der Waals surface area contributed by atoms with Gasteiger partial charge >= 0.3 is 0 Å². The molecular weight excluding hydrogens is 360 g/mol. The van der Waals surface area contributed by atoms with Crippen LogP contribution in [0.5, 0.6) is 0 Å². The van der Waals surface area contributed by atoms with Gasteiger partial charge < -0.3 is 5.32 Å². The molecule has 0 saturated heterocycles. The van der Waals surface area contributed by atoms with Crippen molar-refractivity contribution >= 4 is 21.6 Å². The van der Waals surface area contributed by atoms with E-state index in [1.165, 1.54) is 16.1 Å². The van der Waals surface area contributed by atoms with Crippen molar-refractivity contribution < 1.29 is 13.2 Å². The fraction of sp³-hybridized carbons (Fsp3) is 0.381. The molecule has 0 aliphatic carbocycles. The summed E-state index contributed by atoms with van der Waals surface area (Å²) in [6.45, 7) is 8.26. The number of aryl methyl sites for hydroxylation is 2. The molecule has 2 aromatic rings. The maximum absolute atomic E-state index is 12.7. The Morgan fingerprint density at radius 1 is 1.07 bits per heavy atom. The number of carbonyl (C=O) groups excluding carboxylic acids is 1. The first kappa shape index (κ1) is 21.0. The number of benzene rings is 2. The molecule has 1 amide bonds. The Balaban J connectivity index is 2.19. The highest BCUT2D eigenvalue weighted by molar-refractivity contribution is 7.92. The topological polar surface area (TPSA) is 66.5 Å². The molecule has 1 unspecified atom stereocenters. The van der Waals surface area contributed by atoms with Gasteiger partial charge in [-0.2, -0.15) is 0 Å². The molecule has 0 radical (unpaired) electrons. The maximum Gasteiger partial charge on any atom is 0.251 e. The van der Waals surface area contributed by atoms with Crippen molar-refractivity contribution in [1.29, 1.82) is 0 Å². The average molecular weight is 389 g/mol. The lowest BCUT2D eigenvalue weighted by Crippen LogP contribution is -2.30. The van der Waals surface area contributed by atoms with Crippen molar-refractivity contribution in [2.45, 2.75) is 40.2 Å². The van der Waals surface area contributed by atoms with Crippen LogP contribution in [-0.4, -0.2) is 27.1 Å². The van der Waals surface area contributed by atoms with E-state index < -0.39 is 10.0 Å². The molecule has 27 heavy (non-hydrogen) atoms. The monoisotopic (exact) mass is 388 g/mol. The van der Waals surface area contributed by atoms with E-state index in [1.54, 1.807) is 31.2 Å². The van der Waals surface area contributed by atoms with Gasteiger partial charge in [-0.3, -0.25) is 9.10 Å². The molecule has 0 saturated carbocycles. The fourth-order valence-electron chi connectivity index (χ4n) is 3.25. The van der Waals surface area contributed by atoms with Crippen LogP contribution in [-0.2, 0) is 10.0 Å². The minimum Gasteiger partial charge on any atom is -0.345 e. The smallest absolute Gasteiger partial charge is 0.251 e. The van der Waals surface area contributed by atoms with Crippen LogP contribution in [0.3, 0.4) is 0 Å². The Kier molecular flexibility index (Phi) is 6.65. The van der Waals surface area contributed by atoms with Crippen LogP contribution in [0.2, 0.25) is 0 Å². The van der Waals surface area contributed by atoms with Crippen LogP contribution < -0.4 is 9.62 Å². The number of nitrogens with one attached hydrogen (secondary N) is 1.